The summed E-state index contributed by atoms with van der Waals surface area (Å²) in [6.07, 6.45) is 0. The fourth-order valence-electron chi connectivity index (χ4n) is 8.48. The first-order valence-electron chi connectivity index (χ1n) is 20.0. The van der Waals surface area contributed by atoms with Gasteiger partial charge in [-0.3, -0.25) is 0 Å². The summed E-state index contributed by atoms with van der Waals surface area (Å²) < 4.78 is 2.45. The highest BCUT2D eigenvalue weighted by atomic mass is 15.1. The molecule has 0 aliphatic carbocycles. The summed E-state index contributed by atoms with van der Waals surface area (Å²) in [6.45, 7) is 4.34. The Bertz CT molecular complexity index is 2970. The standard InChI is InChI=1S/C56H42N2/c1-39-13-11-19-45(35-39)51-33-31-49(37-54(51)46-20-12-14-40(2)36-46)58-55-22-10-9-21-52(55)53-34-32-50(38-56(53)58)57(47-27-23-43(24-28-47)41-15-5-3-6-16-41)48-29-25-44(26-30-48)42-17-7-4-8-18-42/h3-38H,1-2H3. The Hall–Kier alpha value is -7.42. The third kappa shape index (κ3) is 6.55. The van der Waals surface area contributed by atoms with Crippen molar-refractivity contribution in [1.82, 2.24) is 4.57 Å². The summed E-state index contributed by atoms with van der Waals surface area (Å²) in [6, 6.07) is 79.5. The number of para-hydroxylation sites is 1. The number of hydrogen-bond donors (Lipinski definition) is 0. The van der Waals surface area contributed by atoms with Crippen LogP contribution in [-0.2, 0) is 0 Å². The molecule has 1 aromatic heterocycles. The second-order valence-corrected chi connectivity index (χ2v) is 15.2. The van der Waals surface area contributed by atoms with Crippen LogP contribution in [0.25, 0.3) is 72.0 Å². The topological polar surface area (TPSA) is 8.17 Å². The molecule has 0 saturated carbocycles. The first-order chi connectivity index (χ1) is 28.6. The van der Waals surface area contributed by atoms with Crippen LogP contribution in [0.3, 0.4) is 0 Å². The van der Waals surface area contributed by atoms with E-state index in [1.54, 1.807) is 0 Å². The molecule has 1 heterocycles. The lowest BCUT2D eigenvalue weighted by molar-refractivity contribution is 1.18. The fourth-order valence-corrected chi connectivity index (χ4v) is 8.48. The third-order valence-electron chi connectivity index (χ3n) is 11.3. The largest absolute Gasteiger partial charge is 0.310 e. The minimum atomic E-state index is 1.09. The SMILES string of the molecule is Cc1cccc(-c2ccc(-n3c4ccccc4c4ccc(N(c5ccc(-c6ccccc6)cc5)c5ccc(-c6ccccc6)cc5)cc43)cc2-c2cccc(C)c2)c1. The van der Waals surface area contributed by atoms with Crippen LogP contribution in [0.1, 0.15) is 11.1 Å². The van der Waals surface area contributed by atoms with Crippen molar-refractivity contribution < 1.29 is 0 Å². The minimum Gasteiger partial charge on any atom is -0.310 e. The average Bonchev–Trinajstić information content (AvgIpc) is 3.61. The fraction of sp³-hybridized carbons (Fsp3) is 0.0357. The summed E-state index contributed by atoms with van der Waals surface area (Å²) in [5, 5.41) is 2.45. The zero-order chi connectivity index (χ0) is 39.0. The molecular weight excluding hydrogens is 701 g/mol. The summed E-state index contributed by atoms with van der Waals surface area (Å²) in [4.78, 5) is 2.38. The second kappa shape index (κ2) is 14.9. The quantitative estimate of drug-likeness (QED) is 0.150. The third-order valence-corrected chi connectivity index (χ3v) is 11.3. The van der Waals surface area contributed by atoms with Gasteiger partial charge in [0.15, 0.2) is 0 Å². The van der Waals surface area contributed by atoms with Gasteiger partial charge in [-0.15, -0.1) is 0 Å². The van der Waals surface area contributed by atoms with Crippen molar-refractivity contribution in [3.63, 3.8) is 0 Å². The van der Waals surface area contributed by atoms with E-state index < -0.39 is 0 Å². The van der Waals surface area contributed by atoms with Crippen LogP contribution in [-0.4, -0.2) is 4.57 Å². The van der Waals surface area contributed by atoms with Crippen LogP contribution < -0.4 is 4.90 Å². The first-order valence-corrected chi connectivity index (χ1v) is 20.0. The lowest BCUT2D eigenvalue weighted by Crippen LogP contribution is -2.10. The molecule has 0 bridgehead atoms. The molecule has 0 N–H and O–H groups in total. The van der Waals surface area contributed by atoms with Gasteiger partial charge in [-0.25, -0.2) is 0 Å². The van der Waals surface area contributed by atoms with E-state index in [-0.39, 0.29) is 0 Å². The van der Waals surface area contributed by atoms with Gasteiger partial charge >= 0.3 is 0 Å². The lowest BCUT2D eigenvalue weighted by Gasteiger charge is -2.26. The molecule has 2 heteroatoms. The van der Waals surface area contributed by atoms with Crippen molar-refractivity contribution in [3.05, 3.63) is 230 Å². The molecule has 10 rings (SSSR count). The van der Waals surface area contributed by atoms with Crippen LogP contribution in [0.4, 0.5) is 17.1 Å². The van der Waals surface area contributed by atoms with Gasteiger partial charge in [0.1, 0.15) is 0 Å². The van der Waals surface area contributed by atoms with E-state index in [0.29, 0.717) is 0 Å². The molecular formula is C56H42N2. The van der Waals surface area contributed by atoms with Crippen LogP contribution in [0.15, 0.2) is 218 Å². The number of anilines is 3. The normalized spacial score (nSPS) is 11.3. The predicted octanol–water partition coefficient (Wildman–Crippen LogP) is 15.5. The van der Waals surface area contributed by atoms with Crippen LogP contribution >= 0.6 is 0 Å². The highest BCUT2D eigenvalue weighted by Gasteiger charge is 2.19. The Morgan fingerprint density at radius 2 is 0.793 bits per heavy atom. The summed E-state index contributed by atoms with van der Waals surface area (Å²) in [5.41, 5.74) is 18.9. The number of aromatic nitrogens is 1. The molecule has 9 aromatic carbocycles. The van der Waals surface area contributed by atoms with E-state index in [4.69, 9.17) is 0 Å². The van der Waals surface area contributed by atoms with Gasteiger partial charge < -0.3 is 9.47 Å². The monoisotopic (exact) mass is 742 g/mol. The molecule has 0 aliphatic rings. The maximum absolute atomic E-state index is 2.45. The molecule has 0 atom stereocenters. The molecule has 10 aromatic rings. The van der Waals surface area contributed by atoms with Gasteiger partial charge in [0.2, 0.25) is 0 Å². The van der Waals surface area contributed by atoms with Gasteiger partial charge in [0, 0.05) is 33.5 Å². The molecule has 0 spiro atoms. The summed E-state index contributed by atoms with van der Waals surface area (Å²) in [5.74, 6) is 0. The summed E-state index contributed by atoms with van der Waals surface area (Å²) in [7, 11) is 0. The molecule has 2 nitrogen and oxygen atoms in total. The molecule has 0 unspecified atom stereocenters. The van der Waals surface area contributed by atoms with E-state index in [1.165, 1.54) is 71.9 Å². The van der Waals surface area contributed by atoms with E-state index in [0.717, 1.165) is 28.3 Å². The number of nitrogens with zero attached hydrogens (tertiary/aromatic N) is 2. The zero-order valence-electron chi connectivity index (χ0n) is 32.7. The summed E-state index contributed by atoms with van der Waals surface area (Å²) >= 11 is 0. The smallest absolute Gasteiger partial charge is 0.0561 e. The predicted molar refractivity (Wildman–Crippen MR) is 247 cm³/mol. The van der Waals surface area contributed by atoms with Gasteiger partial charge in [-0.05, 0) is 113 Å². The van der Waals surface area contributed by atoms with E-state index >= 15 is 0 Å². The Morgan fingerprint density at radius 1 is 0.310 bits per heavy atom. The minimum absolute atomic E-state index is 1.09. The number of benzene rings is 9. The van der Waals surface area contributed by atoms with E-state index in [1.807, 2.05) is 0 Å². The molecule has 0 amide bonds. The Labute approximate surface area is 340 Å². The van der Waals surface area contributed by atoms with Crippen molar-refractivity contribution in [2.45, 2.75) is 13.8 Å². The second-order valence-electron chi connectivity index (χ2n) is 15.2. The first kappa shape index (κ1) is 35.0. The number of hydrogen-bond acceptors (Lipinski definition) is 1. The van der Waals surface area contributed by atoms with Crippen molar-refractivity contribution in [1.29, 1.82) is 0 Å². The van der Waals surface area contributed by atoms with Crippen LogP contribution in [0.2, 0.25) is 0 Å². The Kier molecular flexibility index (Phi) is 9.01. The maximum atomic E-state index is 2.45. The van der Waals surface area contributed by atoms with Crippen LogP contribution in [0, 0.1) is 13.8 Å². The van der Waals surface area contributed by atoms with Crippen molar-refractivity contribution in [2.75, 3.05) is 4.90 Å². The van der Waals surface area contributed by atoms with E-state index in [9.17, 15) is 0 Å². The number of fused-ring (bicyclic) bond motifs is 3. The van der Waals surface area contributed by atoms with Crippen LogP contribution in [0.5, 0.6) is 0 Å². The van der Waals surface area contributed by atoms with Crippen molar-refractivity contribution in [3.8, 4) is 50.2 Å². The Balaban J connectivity index is 1.16. The lowest BCUT2D eigenvalue weighted by atomic mass is 9.92. The Morgan fingerprint density at radius 3 is 1.38 bits per heavy atom. The molecule has 0 saturated heterocycles. The van der Waals surface area contributed by atoms with Crippen molar-refractivity contribution >= 4 is 38.9 Å². The molecule has 276 valence electrons. The average molecular weight is 743 g/mol. The number of rotatable bonds is 8. The molecule has 58 heavy (non-hydrogen) atoms. The number of aryl methyl sites for hydroxylation is 2. The molecule has 0 aliphatic heterocycles. The van der Waals surface area contributed by atoms with E-state index in [2.05, 4.69) is 242 Å². The maximum Gasteiger partial charge on any atom is 0.0561 e. The van der Waals surface area contributed by atoms with Gasteiger partial charge in [-0.2, -0.15) is 0 Å². The van der Waals surface area contributed by atoms with Crippen molar-refractivity contribution in [2.24, 2.45) is 0 Å². The highest BCUT2D eigenvalue weighted by molar-refractivity contribution is 6.10. The van der Waals surface area contributed by atoms with Gasteiger partial charge in [-0.1, -0.05) is 175 Å². The molecule has 0 fully saturated rings. The zero-order valence-corrected chi connectivity index (χ0v) is 32.7. The van der Waals surface area contributed by atoms with Gasteiger partial charge in [0.25, 0.3) is 0 Å². The van der Waals surface area contributed by atoms with Gasteiger partial charge in [0.05, 0.1) is 11.0 Å². The highest BCUT2D eigenvalue weighted by Crippen LogP contribution is 2.42. The molecule has 0 radical (unpaired) electrons.